The molecule has 2 aromatic heterocycles. The van der Waals surface area contributed by atoms with Gasteiger partial charge in [-0.3, -0.25) is 0 Å². The number of anilines is 3. The van der Waals surface area contributed by atoms with Gasteiger partial charge >= 0.3 is 0 Å². The van der Waals surface area contributed by atoms with Crippen molar-refractivity contribution >= 4 is 91.9 Å². The molecule has 2 heterocycles. The standard InChI is InChI=1S/C68H44N2S/c1-2-16-49(17-3-1)58-42-43-64(67-60-27-9-11-33-65(60)71-68(58)67)69(52-40-38-46(39-41-52)45-34-36-50(37-35-45)55-28-13-20-47-18-4-6-24-54(47)55)53-23-12-22-51(44-53)57-29-15-32-63-66(57)59-26-8-10-30-62(59)70(63)61-31-14-21-48-19-5-7-25-56(48)61/h1-44H. The van der Waals surface area contributed by atoms with Crippen LogP contribution in [0.25, 0.3) is 114 Å². The van der Waals surface area contributed by atoms with E-state index in [-0.39, 0.29) is 0 Å². The van der Waals surface area contributed by atoms with Gasteiger partial charge in [0.15, 0.2) is 0 Å². The molecule has 2 nitrogen and oxygen atoms in total. The number of aromatic nitrogens is 1. The maximum atomic E-state index is 2.48. The SMILES string of the molecule is c1ccc(-c2ccc(N(c3ccc(-c4ccc(-c5cccc6ccccc56)cc4)cc3)c3cccc(-c4cccc5c4c4ccccc4n5-c4cccc5ccccc45)c3)c3c2sc2ccccc23)cc1. The third-order valence-corrected chi connectivity index (χ3v) is 15.6. The largest absolute Gasteiger partial charge is 0.310 e. The summed E-state index contributed by atoms with van der Waals surface area (Å²) in [5.41, 5.74) is 16.5. The van der Waals surface area contributed by atoms with Gasteiger partial charge in [-0.15, -0.1) is 11.3 Å². The molecule has 12 aromatic carbocycles. The van der Waals surface area contributed by atoms with Crippen LogP contribution in [-0.2, 0) is 0 Å². The Bertz CT molecular complexity index is 4320. The molecule has 0 saturated heterocycles. The first-order valence-electron chi connectivity index (χ1n) is 24.3. The number of thiophene rings is 1. The van der Waals surface area contributed by atoms with Gasteiger partial charge in [-0.25, -0.2) is 0 Å². The highest BCUT2D eigenvalue weighted by Gasteiger charge is 2.23. The second kappa shape index (κ2) is 16.9. The van der Waals surface area contributed by atoms with Crippen molar-refractivity contribution in [3.63, 3.8) is 0 Å². The molecule has 0 saturated carbocycles. The molecule has 0 aliphatic rings. The first-order valence-corrected chi connectivity index (χ1v) is 25.1. The Hall–Kier alpha value is -9.02. The van der Waals surface area contributed by atoms with Gasteiger partial charge < -0.3 is 9.47 Å². The summed E-state index contributed by atoms with van der Waals surface area (Å²) in [5.74, 6) is 0. The quantitative estimate of drug-likeness (QED) is 0.147. The smallest absolute Gasteiger partial charge is 0.0555 e. The van der Waals surface area contributed by atoms with Crippen LogP contribution >= 0.6 is 11.3 Å². The number of para-hydroxylation sites is 1. The van der Waals surface area contributed by atoms with Crippen molar-refractivity contribution in [1.82, 2.24) is 4.57 Å². The van der Waals surface area contributed by atoms with Crippen LogP contribution in [0.1, 0.15) is 0 Å². The second-order valence-corrected chi connectivity index (χ2v) is 19.4. The molecule has 0 N–H and O–H groups in total. The van der Waals surface area contributed by atoms with Gasteiger partial charge in [0.1, 0.15) is 0 Å². The number of rotatable bonds is 8. The van der Waals surface area contributed by atoms with Crippen LogP contribution in [0.15, 0.2) is 267 Å². The van der Waals surface area contributed by atoms with Gasteiger partial charge in [0.05, 0.1) is 22.4 Å². The summed E-state index contributed by atoms with van der Waals surface area (Å²) in [6.45, 7) is 0. The van der Waals surface area contributed by atoms with Crippen LogP contribution in [0.5, 0.6) is 0 Å². The summed E-state index contributed by atoms with van der Waals surface area (Å²) >= 11 is 1.88. The van der Waals surface area contributed by atoms with Gasteiger partial charge in [0.25, 0.3) is 0 Å². The fourth-order valence-corrected chi connectivity index (χ4v) is 12.4. The molecule has 71 heavy (non-hydrogen) atoms. The topological polar surface area (TPSA) is 8.17 Å². The van der Waals surface area contributed by atoms with Crippen molar-refractivity contribution in [1.29, 1.82) is 0 Å². The number of fused-ring (bicyclic) bond motifs is 8. The molecule has 0 fully saturated rings. The first kappa shape index (κ1) is 41.0. The van der Waals surface area contributed by atoms with Crippen molar-refractivity contribution < 1.29 is 0 Å². The Kier molecular flexibility index (Phi) is 9.75. The minimum Gasteiger partial charge on any atom is -0.310 e. The molecule has 0 amide bonds. The van der Waals surface area contributed by atoms with Crippen LogP contribution in [0.2, 0.25) is 0 Å². The zero-order valence-electron chi connectivity index (χ0n) is 38.7. The van der Waals surface area contributed by atoms with E-state index < -0.39 is 0 Å². The molecule has 3 heteroatoms. The highest BCUT2D eigenvalue weighted by atomic mass is 32.1. The second-order valence-electron chi connectivity index (χ2n) is 18.4. The fourth-order valence-electron chi connectivity index (χ4n) is 11.1. The van der Waals surface area contributed by atoms with E-state index in [0.717, 1.165) is 22.6 Å². The molecule has 0 radical (unpaired) electrons. The van der Waals surface area contributed by atoms with Crippen LogP contribution in [-0.4, -0.2) is 4.57 Å². The lowest BCUT2D eigenvalue weighted by molar-refractivity contribution is 1.20. The summed E-state index contributed by atoms with van der Waals surface area (Å²) in [6.07, 6.45) is 0. The van der Waals surface area contributed by atoms with Crippen molar-refractivity contribution in [2.45, 2.75) is 0 Å². The lowest BCUT2D eigenvalue weighted by Gasteiger charge is -2.28. The normalized spacial score (nSPS) is 11.7. The van der Waals surface area contributed by atoms with Gasteiger partial charge in [-0.2, -0.15) is 0 Å². The first-order chi connectivity index (χ1) is 35.2. The predicted octanol–water partition coefficient (Wildman–Crippen LogP) is 19.6. The lowest BCUT2D eigenvalue weighted by Crippen LogP contribution is -2.10. The van der Waals surface area contributed by atoms with E-state index in [1.807, 2.05) is 11.3 Å². The molecule has 0 aliphatic heterocycles. The maximum absolute atomic E-state index is 2.48. The van der Waals surface area contributed by atoms with Crippen molar-refractivity contribution in [3.8, 4) is 50.2 Å². The number of benzene rings is 12. The molecular weight excluding hydrogens is 877 g/mol. The fraction of sp³-hybridized carbons (Fsp3) is 0. The highest BCUT2D eigenvalue weighted by Crippen LogP contribution is 2.49. The Labute approximate surface area is 416 Å². The van der Waals surface area contributed by atoms with E-state index in [2.05, 4.69) is 276 Å². The van der Waals surface area contributed by atoms with Crippen LogP contribution in [0.3, 0.4) is 0 Å². The Balaban J connectivity index is 0.942. The monoisotopic (exact) mass is 920 g/mol. The molecule has 0 atom stereocenters. The summed E-state index contributed by atoms with van der Waals surface area (Å²) in [6, 6.07) is 97.9. The van der Waals surface area contributed by atoms with Gasteiger partial charge in [-0.05, 0) is 115 Å². The minimum absolute atomic E-state index is 1.09. The summed E-state index contributed by atoms with van der Waals surface area (Å²) < 4.78 is 5.01. The Morgan fingerprint density at radius 2 is 0.873 bits per heavy atom. The molecule has 14 aromatic rings. The molecule has 0 bridgehead atoms. The predicted molar refractivity (Wildman–Crippen MR) is 305 cm³/mol. The molecule has 0 spiro atoms. The van der Waals surface area contributed by atoms with E-state index >= 15 is 0 Å². The van der Waals surface area contributed by atoms with Crippen molar-refractivity contribution in [2.75, 3.05) is 4.90 Å². The molecule has 332 valence electrons. The molecule has 14 rings (SSSR count). The Morgan fingerprint density at radius 1 is 0.310 bits per heavy atom. The zero-order chi connectivity index (χ0) is 46.8. The number of nitrogens with zero attached hydrogens (tertiary/aromatic N) is 2. The van der Waals surface area contributed by atoms with Crippen molar-refractivity contribution in [2.24, 2.45) is 0 Å². The third-order valence-electron chi connectivity index (χ3n) is 14.4. The summed E-state index contributed by atoms with van der Waals surface area (Å²) in [4.78, 5) is 2.48. The highest BCUT2D eigenvalue weighted by molar-refractivity contribution is 7.26. The molecule has 0 unspecified atom stereocenters. The van der Waals surface area contributed by atoms with Crippen LogP contribution < -0.4 is 4.90 Å². The van der Waals surface area contributed by atoms with E-state index in [4.69, 9.17) is 0 Å². The van der Waals surface area contributed by atoms with Gasteiger partial charge in [-0.1, -0.05) is 212 Å². The van der Waals surface area contributed by atoms with Crippen molar-refractivity contribution in [3.05, 3.63) is 267 Å². The zero-order valence-corrected chi connectivity index (χ0v) is 39.5. The summed E-state index contributed by atoms with van der Waals surface area (Å²) in [7, 11) is 0. The minimum atomic E-state index is 1.09. The average Bonchev–Trinajstić information content (AvgIpc) is 4.00. The van der Waals surface area contributed by atoms with Gasteiger partial charge in [0, 0.05) is 47.7 Å². The van der Waals surface area contributed by atoms with E-state index in [0.29, 0.717) is 0 Å². The lowest BCUT2D eigenvalue weighted by atomic mass is 9.96. The number of hydrogen-bond donors (Lipinski definition) is 0. The van der Waals surface area contributed by atoms with Crippen LogP contribution in [0, 0.1) is 0 Å². The van der Waals surface area contributed by atoms with E-state index in [1.54, 1.807) is 0 Å². The van der Waals surface area contributed by atoms with E-state index in [9.17, 15) is 0 Å². The van der Waals surface area contributed by atoms with Gasteiger partial charge in [0.2, 0.25) is 0 Å². The number of hydrogen-bond acceptors (Lipinski definition) is 2. The van der Waals surface area contributed by atoms with Crippen LogP contribution in [0.4, 0.5) is 17.1 Å². The summed E-state index contributed by atoms with van der Waals surface area (Å²) in [5, 5.41) is 9.97. The molecule has 0 aliphatic carbocycles. The molecular formula is C68H44N2S. The maximum Gasteiger partial charge on any atom is 0.0555 e. The van der Waals surface area contributed by atoms with E-state index in [1.165, 1.54) is 108 Å². The average molecular weight is 921 g/mol. The third kappa shape index (κ3) is 6.85. The Morgan fingerprint density at radius 3 is 1.69 bits per heavy atom.